The van der Waals surface area contributed by atoms with Crippen molar-refractivity contribution in [3.8, 4) is 0 Å². The van der Waals surface area contributed by atoms with E-state index in [0.717, 1.165) is 10.0 Å². The van der Waals surface area contributed by atoms with Crippen molar-refractivity contribution in [1.29, 1.82) is 0 Å². The molecule has 2 aromatic heterocycles. The van der Waals surface area contributed by atoms with Gasteiger partial charge in [0, 0.05) is 15.4 Å². The number of anilines is 1. The van der Waals surface area contributed by atoms with Gasteiger partial charge in [-0.25, -0.2) is 14.1 Å². The van der Waals surface area contributed by atoms with Crippen molar-refractivity contribution in [2.24, 2.45) is 0 Å². The number of halogens is 2. The Morgan fingerprint density at radius 2 is 2.08 bits per heavy atom. The van der Waals surface area contributed by atoms with E-state index in [4.69, 9.17) is 0 Å². The molecular formula is C18H13BrFN5O. The highest BCUT2D eigenvalue weighted by molar-refractivity contribution is 9.10. The van der Waals surface area contributed by atoms with Crippen LogP contribution in [-0.4, -0.2) is 25.7 Å². The number of aromatic amines is 1. The van der Waals surface area contributed by atoms with Gasteiger partial charge in [0.25, 0.3) is 5.91 Å². The molecule has 6 nitrogen and oxygen atoms in total. The molecule has 2 aromatic carbocycles. The molecule has 0 radical (unpaired) electrons. The summed E-state index contributed by atoms with van der Waals surface area (Å²) in [4.78, 5) is 19.3. The highest BCUT2D eigenvalue weighted by Gasteiger charge is 2.13. The minimum atomic E-state index is -0.430. The quantitative estimate of drug-likeness (QED) is 0.531. The summed E-state index contributed by atoms with van der Waals surface area (Å²) in [5, 5.41) is 7.22. The number of aromatic nitrogens is 4. The fourth-order valence-corrected chi connectivity index (χ4v) is 3.11. The Kier molecular flexibility index (Phi) is 4.26. The minimum absolute atomic E-state index is 0.184. The van der Waals surface area contributed by atoms with E-state index in [1.54, 1.807) is 23.1 Å². The van der Waals surface area contributed by atoms with Crippen LogP contribution in [0.3, 0.4) is 0 Å². The van der Waals surface area contributed by atoms with Crippen molar-refractivity contribution in [1.82, 2.24) is 19.7 Å². The SMILES string of the molecule is O=C(Nc1ncn(Cc2cccc(Br)c2)n1)c1cc2c(F)cccc2[nH]1. The zero-order valence-corrected chi connectivity index (χ0v) is 15.0. The van der Waals surface area contributed by atoms with Crippen LogP contribution in [-0.2, 0) is 6.54 Å². The van der Waals surface area contributed by atoms with E-state index in [1.165, 1.54) is 12.1 Å². The largest absolute Gasteiger partial charge is 0.350 e. The number of carbonyl (C=O) groups is 1. The van der Waals surface area contributed by atoms with Crippen LogP contribution in [0.2, 0.25) is 0 Å². The summed E-state index contributed by atoms with van der Waals surface area (Å²) in [6.45, 7) is 0.528. The Morgan fingerprint density at radius 1 is 1.23 bits per heavy atom. The van der Waals surface area contributed by atoms with Crippen LogP contribution in [0.15, 0.2) is 59.3 Å². The average Bonchev–Trinajstić information content (AvgIpc) is 3.22. The molecule has 0 spiro atoms. The van der Waals surface area contributed by atoms with Crippen LogP contribution in [0, 0.1) is 5.82 Å². The Morgan fingerprint density at radius 3 is 2.88 bits per heavy atom. The molecular weight excluding hydrogens is 401 g/mol. The van der Waals surface area contributed by atoms with Crippen molar-refractivity contribution in [3.63, 3.8) is 0 Å². The van der Waals surface area contributed by atoms with E-state index in [1.807, 2.05) is 24.3 Å². The number of benzene rings is 2. The molecule has 8 heteroatoms. The summed E-state index contributed by atoms with van der Waals surface area (Å²) in [7, 11) is 0. The molecule has 2 heterocycles. The maximum atomic E-state index is 13.7. The number of nitrogens with one attached hydrogen (secondary N) is 2. The van der Waals surface area contributed by atoms with E-state index >= 15 is 0 Å². The van der Waals surface area contributed by atoms with Gasteiger partial charge in [0.1, 0.15) is 17.8 Å². The van der Waals surface area contributed by atoms with Crippen molar-refractivity contribution >= 4 is 38.7 Å². The van der Waals surface area contributed by atoms with Gasteiger partial charge >= 0.3 is 0 Å². The maximum Gasteiger partial charge on any atom is 0.274 e. The molecule has 4 rings (SSSR count). The smallest absolute Gasteiger partial charge is 0.274 e. The van der Waals surface area contributed by atoms with Crippen molar-refractivity contribution in [3.05, 3.63) is 76.4 Å². The van der Waals surface area contributed by atoms with Gasteiger partial charge in [-0.2, -0.15) is 0 Å². The molecule has 0 unspecified atom stereocenters. The molecule has 26 heavy (non-hydrogen) atoms. The summed E-state index contributed by atoms with van der Waals surface area (Å²) in [5.74, 6) is -0.626. The molecule has 0 saturated heterocycles. The van der Waals surface area contributed by atoms with Gasteiger partial charge in [-0.1, -0.05) is 34.1 Å². The molecule has 0 fully saturated rings. The Bertz CT molecular complexity index is 1100. The lowest BCUT2D eigenvalue weighted by Gasteiger charge is -2.01. The second-order valence-electron chi connectivity index (χ2n) is 5.73. The summed E-state index contributed by atoms with van der Waals surface area (Å²) >= 11 is 3.43. The normalized spacial score (nSPS) is 11.0. The van der Waals surface area contributed by atoms with Gasteiger partial charge in [-0.3, -0.25) is 10.1 Å². The highest BCUT2D eigenvalue weighted by Crippen LogP contribution is 2.19. The number of amides is 1. The number of hydrogen-bond donors (Lipinski definition) is 2. The summed E-state index contributed by atoms with van der Waals surface area (Å²) < 4.78 is 16.4. The van der Waals surface area contributed by atoms with Crippen LogP contribution in [0.5, 0.6) is 0 Å². The van der Waals surface area contributed by atoms with E-state index in [-0.39, 0.29) is 17.5 Å². The van der Waals surface area contributed by atoms with Gasteiger partial charge in [0.2, 0.25) is 5.95 Å². The number of rotatable bonds is 4. The highest BCUT2D eigenvalue weighted by atomic mass is 79.9. The number of carbonyl (C=O) groups excluding carboxylic acids is 1. The van der Waals surface area contributed by atoms with E-state index in [9.17, 15) is 9.18 Å². The van der Waals surface area contributed by atoms with Crippen LogP contribution in [0.1, 0.15) is 16.1 Å². The van der Waals surface area contributed by atoms with Gasteiger partial charge < -0.3 is 4.98 Å². The van der Waals surface area contributed by atoms with Gasteiger partial charge in [-0.05, 0) is 35.9 Å². The Hall–Kier alpha value is -3.00. The fourth-order valence-electron chi connectivity index (χ4n) is 2.66. The van der Waals surface area contributed by atoms with Crippen molar-refractivity contribution in [2.45, 2.75) is 6.54 Å². The predicted molar refractivity (Wildman–Crippen MR) is 99.5 cm³/mol. The number of nitrogens with zero attached hydrogens (tertiary/aromatic N) is 3. The molecule has 0 atom stereocenters. The third-order valence-corrected chi connectivity index (χ3v) is 4.34. The molecule has 4 aromatic rings. The first kappa shape index (κ1) is 16.5. The summed E-state index contributed by atoms with van der Waals surface area (Å²) in [5.41, 5.74) is 1.85. The maximum absolute atomic E-state index is 13.7. The van der Waals surface area contributed by atoms with Crippen molar-refractivity contribution < 1.29 is 9.18 Å². The lowest BCUT2D eigenvalue weighted by molar-refractivity contribution is 0.102. The van der Waals surface area contributed by atoms with Gasteiger partial charge in [-0.15, -0.1) is 5.10 Å². The first-order valence-corrected chi connectivity index (χ1v) is 8.60. The van der Waals surface area contributed by atoms with E-state index in [0.29, 0.717) is 17.4 Å². The Labute approximate surface area is 156 Å². The monoisotopic (exact) mass is 413 g/mol. The second-order valence-corrected chi connectivity index (χ2v) is 6.65. The van der Waals surface area contributed by atoms with E-state index in [2.05, 4.69) is 36.3 Å². The number of hydrogen-bond acceptors (Lipinski definition) is 3. The zero-order chi connectivity index (χ0) is 18.1. The third kappa shape index (κ3) is 3.36. The molecule has 0 aliphatic carbocycles. The lowest BCUT2D eigenvalue weighted by atomic mass is 10.2. The van der Waals surface area contributed by atoms with Crippen LogP contribution < -0.4 is 5.32 Å². The van der Waals surface area contributed by atoms with Crippen LogP contribution in [0.4, 0.5) is 10.3 Å². The first-order chi connectivity index (χ1) is 12.6. The third-order valence-electron chi connectivity index (χ3n) is 3.85. The summed E-state index contributed by atoms with van der Waals surface area (Å²) in [6, 6.07) is 14.0. The average molecular weight is 414 g/mol. The fraction of sp³-hybridized carbons (Fsp3) is 0.0556. The molecule has 0 bridgehead atoms. The number of fused-ring (bicyclic) bond motifs is 1. The first-order valence-electron chi connectivity index (χ1n) is 7.81. The van der Waals surface area contributed by atoms with Crippen LogP contribution in [0.25, 0.3) is 10.9 Å². The molecule has 2 N–H and O–H groups in total. The van der Waals surface area contributed by atoms with Gasteiger partial charge in [0.15, 0.2) is 0 Å². The van der Waals surface area contributed by atoms with Crippen molar-refractivity contribution in [2.75, 3.05) is 5.32 Å². The molecule has 0 aliphatic rings. The zero-order valence-electron chi connectivity index (χ0n) is 13.4. The second kappa shape index (κ2) is 6.72. The molecule has 1 amide bonds. The van der Waals surface area contributed by atoms with Crippen LogP contribution >= 0.6 is 15.9 Å². The van der Waals surface area contributed by atoms with Gasteiger partial charge in [0.05, 0.1) is 6.54 Å². The minimum Gasteiger partial charge on any atom is -0.350 e. The summed E-state index contributed by atoms with van der Waals surface area (Å²) in [6.07, 6.45) is 1.54. The number of H-pyrrole nitrogens is 1. The molecule has 0 aliphatic heterocycles. The Balaban J connectivity index is 1.49. The standard InChI is InChI=1S/C18H13BrFN5O/c19-12-4-1-3-11(7-12)9-25-10-21-18(24-25)23-17(26)16-8-13-14(20)5-2-6-15(13)22-16/h1-8,10,22H,9H2,(H,23,24,26). The van der Waals surface area contributed by atoms with E-state index < -0.39 is 5.91 Å². The molecule has 130 valence electrons. The predicted octanol–water partition coefficient (Wildman–Crippen LogP) is 3.96. The molecule has 0 saturated carbocycles. The topological polar surface area (TPSA) is 75.6 Å². The lowest BCUT2D eigenvalue weighted by Crippen LogP contribution is -2.13.